The maximum atomic E-state index is 12.4. The fraction of sp³-hybridized carbons (Fsp3) is 0.786. The number of aromatic nitrogens is 3. The number of carbonyl (C=O) groups excluding carboxylic acids is 1. The Hall–Kier alpha value is -1.43. The molecule has 1 amide bonds. The van der Waals surface area contributed by atoms with Crippen molar-refractivity contribution in [1.82, 2.24) is 24.6 Å². The number of hydrogen-bond donors (Lipinski definition) is 0. The number of nitrogens with zero attached hydrogens (tertiary/aromatic N) is 5. The van der Waals surface area contributed by atoms with Crippen molar-refractivity contribution in [2.45, 2.75) is 39.3 Å². The van der Waals surface area contributed by atoms with Crippen LogP contribution < -0.4 is 0 Å². The van der Waals surface area contributed by atoms with Gasteiger partial charge in [0.1, 0.15) is 12.7 Å². The van der Waals surface area contributed by atoms with Crippen molar-refractivity contribution in [3.63, 3.8) is 0 Å². The van der Waals surface area contributed by atoms with Crippen LogP contribution in [0.4, 0.5) is 0 Å². The lowest BCUT2D eigenvalue weighted by Gasteiger charge is -2.41. The standard InChI is InChI=1S/C14H25N5O/c1-12(2)8-13-9-17(3)6-7-19(13)14(20)4-5-18-11-15-10-16-18/h10-13H,4-9H2,1-3H3. The molecule has 6 heteroatoms. The van der Waals surface area contributed by atoms with E-state index < -0.39 is 0 Å². The monoisotopic (exact) mass is 279 g/mol. The largest absolute Gasteiger partial charge is 0.337 e. The average Bonchev–Trinajstić information content (AvgIpc) is 2.88. The Labute approximate surface area is 120 Å². The van der Waals surface area contributed by atoms with Gasteiger partial charge in [-0.05, 0) is 19.4 Å². The first-order chi connectivity index (χ1) is 9.56. The number of piperazine rings is 1. The van der Waals surface area contributed by atoms with Crippen LogP contribution in [0.1, 0.15) is 26.7 Å². The number of amides is 1. The lowest BCUT2D eigenvalue weighted by molar-refractivity contribution is -0.136. The van der Waals surface area contributed by atoms with Gasteiger partial charge in [-0.3, -0.25) is 9.48 Å². The molecule has 1 fully saturated rings. The maximum Gasteiger partial charge on any atom is 0.224 e. The topological polar surface area (TPSA) is 54.3 Å². The third-order valence-electron chi connectivity index (χ3n) is 3.77. The van der Waals surface area contributed by atoms with Crippen LogP contribution in [-0.2, 0) is 11.3 Å². The summed E-state index contributed by atoms with van der Waals surface area (Å²) in [5.74, 6) is 0.844. The van der Waals surface area contributed by atoms with Crippen LogP contribution in [0.5, 0.6) is 0 Å². The molecule has 1 unspecified atom stereocenters. The highest BCUT2D eigenvalue weighted by Crippen LogP contribution is 2.17. The summed E-state index contributed by atoms with van der Waals surface area (Å²) < 4.78 is 1.71. The Balaban J connectivity index is 1.91. The number of carbonyl (C=O) groups is 1. The molecule has 0 saturated carbocycles. The van der Waals surface area contributed by atoms with E-state index in [0.717, 1.165) is 26.1 Å². The minimum Gasteiger partial charge on any atom is -0.337 e. The van der Waals surface area contributed by atoms with Crippen molar-refractivity contribution >= 4 is 5.91 Å². The van der Waals surface area contributed by atoms with Crippen LogP contribution >= 0.6 is 0 Å². The Morgan fingerprint density at radius 1 is 1.40 bits per heavy atom. The van der Waals surface area contributed by atoms with Crippen molar-refractivity contribution in [3.8, 4) is 0 Å². The van der Waals surface area contributed by atoms with E-state index in [4.69, 9.17) is 0 Å². The van der Waals surface area contributed by atoms with Crippen molar-refractivity contribution in [2.75, 3.05) is 26.7 Å². The lowest BCUT2D eigenvalue weighted by Crippen LogP contribution is -2.54. The van der Waals surface area contributed by atoms with Crippen LogP contribution in [0.15, 0.2) is 12.7 Å². The Morgan fingerprint density at radius 3 is 2.85 bits per heavy atom. The summed E-state index contributed by atoms with van der Waals surface area (Å²) in [7, 11) is 2.13. The summed E-state index contributed by atoms with van der Waals surface area (Å²) in [6.45, 7) is 7.82. The average molecular weight is 279 g/mol. The molecule has 0 bridgehead atoms. The molecule has 1 saturated heterocycles. The van der Waals surface area contributed by atoms with Crippen molar-refractivity contribution in [3.05, 3.63) is 12.7 Å². The number of likely N-dealkylation sites (N-methyl/N-ethyl adjacent to an activating group) is 1. The highest BCUT2D eigenvalue weighted by molar-refractivity contribution is 5.76. The molecule has 112 valence electrons. The van der Waals surface area contributed by atoms with Gasteiger partial charge in [-0.25, -0.2) is 4.98 Å². The second-order valence-electron chi connectivity index (χ2n) is 6.04. The molecule has 0 aromatic carbocycles. The fourth-order valence-corrected chi connectivity index (χ4v) is 2.79. The normalized spacial score (nSPS) is 20.6. The second-order valence-corrected chi connectivity index (χ2v) is 6.04. The summed E-state index contributed by atoms with van der Waals surface area (Å²) in [5, 5.41) is 4.04. The minimum absolute atomic E-state index is 0.235. The first-order valence-corrected chi connectivity index (χ1v) is 7.36. The summed E-state index contributed by atoms with van der Waals surface area (Å²) in [6.07, 6.45) is 4.73. The molecule has 1 aromatic rings. The van der Waals surface area contributed by atoms with Gasteiger partial charge in [0.2, 0.25) is 5.91 Å². The lowest BCUT2D eigenvalue weighted by atomic mass is 10.00. The van der Waals surface area contributed by atoms with E-state index in [1.165, 1.54) is 6.33 Å². The first kappa shape index (κ1) is 15.0. The van der Waals surface area contributed by atoms with Gasteiger partial charge in [0, 0.05) is 32.1 Å². The molecular formula is C14H25N5O. The molecule has 1 aliphatic heterocycles. The van der Waals surface area contributed by atoms with Gasteiger partial charge in [-0.2, -0.15) is 5.10 Å². The fourth-order valence-electron chi connectivity index (χ4n) is 2.79. The van der Waals surface area contributed by atoms with Crippen LogP contribution in [0, 0.1) is 5.92 Å². The van der Waals surface area contributed by atoms with Crippen molar-refractivity contribution < 1.29 is 4.79 Å². The molecule has 1 atom stereocenters. The molecule has 1 aromatic heterocycles. The van der Waals surface area contributed by atoms with E-state index in [-0.39, 0.29) is 5.91 Å². The molecule has 0 aliphatic carbocycles. The Kier molecular flexibility index (Phi) is 5.11. The summed E-state index contributed by atoms with van der Waals surface area (Å²) in [4.78, 5) is 20.7. The summed E-state index contributed by atoms with van der Waals surface area (Å²) in [6, 6.07) is 0.344. The van der Waals surface area contributed by atoms with E-state index in [1.807, 2.05) is 0 Å². The van der Waals surface area contributed by atoms with E-state index >= 15 is 0 Å². The van der Waals surface area contributed by atoms with E-state index in [2.05, 4.69) is 40.8 Å². The molecule has 0 spiro atoms. The quantitative estimate of drug-likeness (QED) is 0.802. The van der Waals surface area contributed by atoms with Crippen LogP contribution in [0.25, 0.3) is 0 Å². The first-order valence-electron chi connectivity index (χ1n) is 7.36. The SMILES string of the molecule is CC(C)CC1CN(C)CCN1C(=O)CCn1cncn1. The van der Waals surface area contributed by atoms with Gasteiger partial charge < -0.3 is 9.80 Å². The summed E-state index contributed by atoms with van der Waals surface area (Å²) in [5.41, 5.74) is 0. The van der Waals surface area contributed by atoms with Crippen LogP contribution in [-0.4, -0.2) is 63.2 Å². The third-order valence-corrected chi connectivity index (χ3v) is 3.77. The predicted octanol–water partition coefficient (Wildman–Crippen LogP) is 0.857. The van der Waals surface area contributed by atoms with Gasteiger partial charge in [0.25, 0.3) is 0 Å². The van der Waals surface area contributed by atoms with Gasteiger partial charge in [0.15, 0.2) is 0 Å². The molecule has 0 N–H and O–H groups in total. The van der Waals surface area contributed by atoms with E-state index in [9.17, 15) is 4.79 Å². The maximum absolute atomic E-state index is 12.4. The molecule has 6 nitrogen and oxygen atoms in total. The smallest absolute Gasteiger partial charge is 0.224 e. The van der Waals surface area contributed by atoms with Gasteiger partial charge in [-0.1, -0.05) is 13.8 Å². The molecule has 1 aliphatic rings. The van der Waals surface area contributed by atoms with Crippen molar-refractivity contribution in [2.24, 2.45) is 5.92 Å². The second kappa shape index (κ2) is 6.83. The highest BCUT2D eigenvalue weighted by atomic mass is 16.2. The van der Waals surface area contributed by atoms with E-state index in [0.29, 0.717) is 24.9 Å². The van der Waals surface area contributed by atoms with Gasteiger partial charge in [-0.15, -0.1) is 0 Å². The third kappa shape index (κ3) is 4.03. The Morgan fingerprint density at radius 2 is 2.20 bits per heavy atom. The predicted molar refractivity (Wildman–Crippen MR) is 77.1 cm³/mol. The van der Waals surface area contributed by atoms with E-state index in [1.54, 1.807) is 11.0 Å². The zero-order valence-corrected chi connectivity index (χ0v) is 12.7. The number of hydrogen-bond acceptors (Lipinski definition) is 4. The van der Waals surface area contributed by atoms with Gasteiger partial charge >= 0.3 is 0 Å². The molecule has 0 radical (unpaired) electrons. The molecule has 2 heterocycles. The Bertz CT molecular complexity index is 415. The van der Waals surface area contributed by atoms with Crippen molar-refractivity contribution in [1.29, 1.82) is 0 Å². The molecular weight excluding hydrogens is 254 g/mol. The van der Waals surface area contributed by atoms with Crippen LogP contribution in [0.3, 0.4) is 0 Å². The zero-order valence-electron chi connectivity index (χ0n) is 12.7. The zero-order chi connectivity index (χ0) is 14.5. The minimum atomic E-state index is 0.235. The number of rotatable bonds is 5. The summed E-state index contributed by atoms with van der Waals surface area (Å²) >= 11 is 0. The number of aryl methyl sites for hydroxylation is 1. The van der Waals surface area contributed by atoms with Gasteiger partial charge in [0.05, 0.1) is 6.54 Å². The van der Waals surface area contributed by atoms with Crippen LogP contribution in [0.2, 0.25) is 0 Å². The highest BCUT2D eigenvalue weighted by Gasteiger charge is 2.29. The molecule has 20 heavy (non-hydrogen) atoms. The molecule has 2 rings (SSSR count).